The summed E-state index contributed by atoms with van der Waals surface area (Å²) >= 11 is 0. The van der Waals surface area contributed by atoms with E-state index in [1.807, 2.05) is 30.3 Å². The second-order valence-corrected chi connectivity index (χ2v) is 5.15. The lowest BCUT2D eigenvalue weighted by molar-refractivity contribution is -0.137. The molecule has 1 unspecified atom stereocenters. The van der Waals surface area contributed by atoms with Gasteiger partial charge in [0.25, 0.3) is 0 Å². The second kappa shape index (κ2) is 9.94. The highest BCUT2D eigenvalue weighted by molar-refractivity contribution is 5.81. The van der Waals surface area contributed by atoms with E-state index in [0.29, 0.717) is 19.4 Å². The van der Waals surface area contributed by atoms with Crippen molar-refractivity contribution in [2.24, 2.45) is 5.73 Å². The summed E-state index contributed by atoms with van der Waals surface area (Å²) < 4.78 is 0. The van der Waals surface area contributed by atoms with Crippen molar-refractivity contribution in [3.8, 4) is 0 Å². The third kappa shape index (κ3) is 8.09. The van der Waals surface area contributed by atoms with E-state index in [1.165, 1.54) is 0 Å². The van der Waals surface area contributed by atoms with Crippen molar-refractivity contribution in [3.63, 3.8) is 0 Å². The first-order chi connectivity index (χ1) is 10.1. The maximum absolute atomic E-state index is 11.8. The number of rotatable bonds is 10. The standard InChI is InChI=1S/C16H24N2O3/c17-14(12-13-8-4-3-5-9-13)16(21)18-11-7-2-1-6-10-15(19)20/h3-5,8-9,14H,1-2,6-7,10-12,17H2,(H,18,21)(H,19,20). The zero-order valence-corrected chi connectivity index (χ0v) is 12.3. The quantitative estimate of drug-likeness (QED) is 0.572. The third-order valence-corrected chi connectivity index (χ3v) is 3.25. The van der Waals surface area contributed by atoms with Gasteiger partial charge < -0.3 is 16.2 Å². The molecule has 0 aromatic heterocycles. The topological polar surface area (TPSA) is 92.4 Å². The number of carbonyl (C=O) groups excluding carboxylic acids is 1. The summed E-state index contributed by atoms with van der Waals surface area (Å²) in [5, 5.41) is 11.3. The van der Waals surface area contributed by atoms with Crippen molar-refractivity contribution in [1.82, 2.24) is 5.32 Å². The summed E-state index contributed by atoms with van der Waals surface area (Å²) in [7, 11) is 0. The molecular formula is C16H24N2O3. The van der Waals surface area contributed by atoms with E-state index in [9.17, 15) is 9.59 Å². The van der Waals surface area contributed by atoms with Crippen LogP contribution in [-0.2, 0) is 16.0 Å². The molecule has 116 valence electrons. The monoisotopic (exact) mass is 292 g/mol. The van der Waals surface area contributed by atoms with Crippen molar-refractivity contribution >= 4 is 11.9 Å². The molecule has 1 rings (SSSR count). The van der Waals surface area contributed by atoms with Gasteiger partial charge in [-0.2, -0.15) is 0 Å². The Morgan fingerprint density at radius 2 is 1.76 bits per heavy atom. The van der Waals surface area contributed by atoms with Crippen LogP contribution >= 0.6 is 0 Å². The summed E-state index contributed by atoms with van der Waals surface area (Å²) in [5.74, 6) is -0.889. The number of carbonyl (C=O) groups is 2. The summed E-state index contributed by atoms with van der Waals surface area (Å²) in [4.78, 5) is 22.1. The largest absolute Gasteiger partial charge is 0.481 e. The molecule has 0 fully saturated rings. The molecule has 0 saturated carbocycles. The van der Waals surface area contributed by atoms with Gasteiger partial charge in [0, 0.05) is 13.0 Å². The molecule has 0 heterocycles. The first-order valence-corrected chi connectivity index (χ1v) is 7.38. The van der Waals surface area contributed by atoms with Crippen LogP contribution in [0.1, 0.15) is 37.7 Å². The Balaban J connectivity index is 2.09. The highest BCUT2D eigenvalue weighted by Gasteiger charge is 2.12. The molecule has 4 N–H and O–H groups in total. The van der Waals surface area contributed by atoms with Crippen molar-refractivity contribution in [3.05, 3.63) is 35.9 Å². The molecule has 0 aliphatic heterocycles. The van der Waals surface area contributed by atoms with Gasteiger partial charge in [0.2, 0.25) is 5.91 Å². The fourth-order valence-corrected chi connectivity index (χ4v) is 2.06. The van der Waals surface area contributed by atoms with Gasteiger partial charge in [-0.15, -0.1) is 0 Å². The third-order valence-electron chi connectivity index (χ3n) is 3.25. The number of nitrogens with two attached hydrogens (primary N) is 1. The van der Waals surface area contributed by atoms with E-state index in [0.717, 1.165) is 24.8 Å². The van der Waals surface area contributed by atoms with E-state index >= 15 is 0 Å². The summed E-state index contributed by atoms with van der Waals surface area (Å²) in [6.07, 6.45) is 4.08. The van der Waals surface area contributed by atoms with Crippen LogP contribution in [0.4, 0.5) is 0 Å². The molecule has 21 heavy (non-hydrogen) atoms. The van der Waals surface area contributed by atoms with Crippen LogP contribution in [0.15, 0.2) is 30.3 Å². The molecule has 1 aromatic rings. The number of aliphatic carboxylic acids is 1. The molecule has 5 heteroatoms. The van der Waals surface area contributed by atoms with Gasteiger partial charge in [-0.05, 0) is 24.8 Å². The Kier molecular flexibility index (Phi) is 8.12. The Labute approximate surface area is 125 Å². The molecule has 0 saturated heterocycles. The zero-order valence-electron chi connectivity index (χ0n) is 12.3. The van der Waals surface area contributed by atoms with Gasteiger partial charge in [-0.25, -0.2) is 0 Å². The van der Waals surface area contributed by atoms with Gasteiger partial charge >= 0.3 is 5.97 Å². The first kappa shape index (κ1) is 17.2. The number of unbranched alkanes of at least 4 members (excludes halogenated alkanes) is 3. The van der Waals surface area contributed by atoms with Crippen LogP contribution < -0.4 is 11.1 Å². The van der Waals surface area contributed by atoms with Crippen LogP contribution in [0.2, 0.25) is 0 Å². The molecule has 1 aromatic carbocycles. The smallest absolute Gasteiger partial charge is 0.303 e. The Morgan fingerprint density at radius 3 is 2.43 bits per heavy atom. The predicted octanol–water partition coefficient (Wildman–Crippen LogP) is 1.71. The summed E-state index contributed by atoms with van der Waals surface area (Å²) in [6, 6.07) is 9.16. The van der Waals surface area contributed by atoms with Crippen LogP contribution in [0.3, 0.4) is 0 Å². The number of hydrogen-bond acceptors (Lipinski definition) is 3. The number of nitrogens with one attached hydrogen (secondary N) is 1. The van der Waals surface area contributed by atoms with E-state index in [1.54, 1.807) is 0 Å². The lowest BCUT2D eigenvalue weighted by atomic mass is 10.1. The Hall–Kier alpha value is -1.88. The molecule has 0 bridgehead atoms. The minimum Gasteiger partial charge on any atom is -0.481 e. The van der Waals surface area contributed by atoms with Gasteiger partial charge in [0.05, 0.1) is 6.04 Å². The highest BCUT2D eigenvalue weighted by atomic mass is 16.4. The average Bonchev–Trinajstić information content (AvgIpc) is 2.46. The molecule has 5 nitrogen and oxygen atoms in total. The number of hydrogen-bond donors (Lipinski definition) is 3. The predicted molar refractivity (Wildman–Crippen MR) is 81.9 cm³/mol. The average molecular weight is 292 g/mol. The van der Waals surface area contributed by atoms with Gasteiger partial charge in [-0.1, -0.05) is 43.2 Å². The number of carboxylic acid groups (broad SMARTS) is 1. The second-order valence-electron chi connectivity index (χ2n) is 5.15. The fourth-order valence-electron chi connectivity index (χ4n) is 2.06. The normalized spacial score (nSPS) is 11.9. The molecule has 0 radical (unpaired) electrons. The fraction of sp³-hybridized carbons (Fsp3) is 0.500. The number of carboxylic acids is 1. The molecule has 1 amide bonds. The number of amides is 1. The van der Waals surface area contributed by atoms with Crippen molar-refractivity contribution in [1.29, 1.82) is 0 Å². The van der Waals surface area contributed by atoms with Crippen LogP contribution in [0.25, 0.3) is 0 Å². The molecule has 1 atom stereocenters. The van der Waals surface area contributed by atoms with Gasteiger partial charge in [-0.3, -0.25) is 9.59 Å². The van der Waals surface area contributed by atoms with Crippen LogP contribution in [0.5, 0.6) is 0 Å². The highest BCUT2D eigenvalue weighted by Crippen LogP contribution is 2.03. The van der Waals surface area contributed by atoms with E-state index in [-0.39, 0.29) is 12.3 Å². The minimum absolute atomic E-state index is 0.135. The molecule has 0 aliphatic carbocycles. The number of benzene rings is 1. The van der Waals surface area contributed by atoms with Crippen molar-refractivity contribution < 1.29 is 14.7 Å². The van der Waals surface area contributed by atoms with Crippen molar-refractivity contribution in [2.75, 3.05) is 6.54 Å². The first-order valence-electron chi connectivity index (χ1n) is 7.38. The van der Waals surface area contributed by atoms with E-state index in [4.69, 9.17) is 10.8 Å². The summed E-state index contributed by atoms with van der Waals surface area (Å²) in [6.45, 7) is 0.592. The van der Waals surface area contributed by atoms with Crippen molar-refractivity contribution in [2.45, 2.75) is 44.6 Å². The van der Waals surface area contributed by atoms with Crippen LogP contribution in [-0.4, -0.2) is 29.6 Å². The molecule has 0 spiro atoms. The summed E-state index contributed by atoms with van der Waals surface area (Å²) in [5.41, 5.74) is 6.92. The SMILES string of the molecule is NC(Cc1ccccc1)C(=O)NCCCCCCC(=O)O. The van der Waals surface area contributed by atoms with E-state index in [2.05, 4.69) is 5.32 Å². The molecular weight excluding hydrogens is 268 g/mol. The lowest BCUT2D eigenvalue weighted by Crippen LogP contribution is -2.42. The van der Waals surface area contributed by atoms with Gasteiger partial charge in [0.15, 0.2) is 0 Å². The van der Waals surface area contributed by atoms with Gasteiger partial charge in [0.1, 0.15) is 0 Å². The zero-order chi connectivity index (χ0) is 15.5. The lowest BCUT2D eigenvalue weighted by Gasteiger charge is -2.12. The Bertz CT molecular complexity index is 434. The molecule has 0 aliphatic rings. The maximum Gasteiger partial charge on any atom is 0.303 e. The Morgan fingerprint density at radius 1 is 1.10 bits per heavy atom. The van der Waals surface area contributed by atoms with Crippen LogP contribution in [0, 0.1) is 0 Å². The maximum atomic E-state index is 11.8. The van der Waals surface area contributed by atoms with E-state index < -0.39 is 12.0 Å². The minimum atomic E-state index is -0.754.